The molecule has 4 amide bonds. The fraction of sp³-hybridized carbons (Fsp3) is 0.550. The SMILES string of the molecule is CCCNC(=O)CCS(=O)(=O)N1CCC2(CC1)NC(=O)N(Cc1ccccc1)C2=O. The lowest BCUT2D eigenvalue weighted by Crippen LogP contribution is -2.56. The zero-order valence-electron chi connectivity index (χ0n) is 17.1. The molecule has 30 heavy (non-hydrogen) atoms. The molecule has 2 aliphatic heterocycles. The van der Waals surface area contributed by atoms with Gasteiger partial charge in [-0.15, -0.1) is 0 Å². The molecule has 1 spiro atoms. The Morgan fingerprint density at radius 1 is 1.17 bits per heavy atom. The molecular formula is C20H28N4O5S. The Hall–Kier alpha value is -2.46. The fourth-order valence-corrected chi connectivity index (χ4v) is 5.21. The predicted molar refractivity (Wildman–Crippen MR) is 111 cm³/mol. The molecule has 3 rings (SSSR count). The van der Waals surface area contributed by atoms with Crippen molar-refractivity contribution in [3.05, 3.63) is 35.9 Å². The third kappa shape index (κ3) is 4.81. The van der Waals surface area contributed by atoms with Gasteiger partial charge in [-0.05, 0) is 24.8 Å². The normalized spacial score (nSPS) is 19.2. The van der Waals surface area contributed by atoms with E-state index in [1.165, 1.54) is 9.21 Å². The summed E-state index contributed by atoms with van der Waals surface area (Å²) < 4.78 is 26.5. The van der Waals surface area contributed by atoms with Gasteiger partial charge in [-0.25, -0.2) is 17.5 Å². The molecule has 164 valence electrons. The van der Waals surface area contributed by atoms with Crippen LogP contribution >= 0.6 is 0 Å². The van der Waals surface area contributed by atoms with Crippen LogP contribution in [-0.2, 0) is 26.2 Å². The second kappa shape index (κ2) is 9.13. The maximum atomic E-state index is 13.0. The quantitative estimate of drug-likeness (QED) is 0.586. The molecule has 0 atom stereocenters. The van der Waals surface area contributed by atoms with Crippen molar-refractivity contribution in [1.29, 1.82) is 0 Å². The minimum absolute atomic E-state index is 0.0928. The van der Waals surface area contributed by atoms with E-state index in [-0.39, 0.29) is 56.5 Å². The number of carbonyl (C=O) groups is 3. The number of hydrogen-bond donors (Lipinski definition) is 2. The Bertz CT molecular complexity index is 895. The lowest BCUT2D eigenvalue weighted by atomic mass is 9.88. The summed E-state index contributed by atoms with van der Waals surface area (Å²) in [6, 6.07) is 8.79. The fourth-order valence-electron chi connectivity index (χ4n) is 3.77. The van der Waals surface area contributed by atoms with Crippen molar-refractivity contribution in [1.82, 2.24) is 19.8 Å². The molecule has 1 aromatic rings. The molecule has 2 fully saturated rings. The number of urea groups is 1. The largest absolute Gasteiger partial charge is 0.356 e. The molecule has 10 heteroatoms. The van der Waals surface area contributed by atoms with E-state index in [1.807, 2.05) is 37.3 Å². The summed E-state index contributed by atoms with van der Waals surface area (Å²) in [6.07, 6.45) is 1.12. The van der Waals surface area contributed by atoms with E-state index in [0.717, 1.165) is 12.0 Å². The Labute approximate surface area is 176 Å². The zero-order valence-corrected chi connectivity index (χ0v) is 17.9. The number of benzene rings is 1. The summed E-state index contributed by atoms with van der Waals surface area (Å²) in [6.45, 7) is 2.88. The molecule has 0 bridgehead atoms. The van der Waals surface area contributed by atoms with E-state index in [1.54, 1.807) is 0 Å². The van der Waals surface area contributed by atoms with Gasteiger partial charge in [0.15, 0.2) is 0 Å². The lowest BCUT2D eigenvalue weighted by Gasteiger charge is -2.36. The first-order valence-corrected chi connectivity index (χ1v) is 11.8. The van der Waals surface area contributed by atoms with Crippen molar-refractivity contribution in [2.45, 2.75) is 44.7 Å². The minimum Gasteiger partial charge on any atom is -0.356 e. The van der Waals surface area contributed by atoms with Crippen LogP contribution in [0.15, 0.2) is 30.3 Å². The molecule has 0 radical (unpaired) electrons. The first-order valence-electron chi connectivity index (χ1n) is 10.2. The van der Waals surface area contributed by atoms with E-state index < -0.39 is 21.6 Å². The van der Waals surface area contributed by atoms with Crippen molar-refractivity contribution in [2.75, 3.05) is 25.4 Å². The Balaban J connectivity index is 1.58. The number of nitrogens with zero attached hydrogens (tertiary/aromatic N) is 2. The molecular weight excluding hydrogens is 408 g/mol. The van der Waals surface area contributed by atoms with E-state index in [2.05, 4.69) is 10.6 Å². The van der Waals surface area contributed by atoms with Gasteiger partial charge in [-0.3, -0.25) is 14.5 Å². The summed E-state index contributed by atoms with van der Waals surface area (Å²) in [4.78, 5) is 38.3. The first kappa shape index (κ1) is 22.2. The summed E-state index contributed by atoms with van der Waals surface area (Å²) >= 11 is 0. The molecule has 2 saturated heterocycles. The van der Waals surface area contributed by atoms with Gasteiger partial charge in [0.2, 0.25) is 15.9 Å². The summed E-state index contributed by atoms with van der Waals surface area (Å²) in [7, 11) is -3.61. The maximum absolute atomic E-state index is 13.0. The van der Waals surface area contributed by atoms with E-state index >= 15 is 0 Å². The predicted octanol–water partition coefficient (Wildman–Crippen LogP) is 0.819. The van der Waals surface area contributed by atoms with Crippen molar-refractivity contribution >= 4 is 27.9 Å². The summed E-state index contributed by atoms with van der Waals surface area (Å²) in [5.41, 5.74) is -0.212. The van der Waals surface area contributed by atoms with E-state index in [9.17, 15) is 22.8 Å². The van der Waals surface area contributed by atoms with Gasteiger partial charge >= 0.3 is 6.03 Å². The van der Waals surface area contributed by atoms with Crippen LogP contribution < -0.4 is 10.6 Å². The standard InChI is InChI=1S/C20H28N4O5S/c1-2-11-21-17(25)8-14-30(28,29)23-12-9-20(10-13-23)18(26)24(19(27)22-20)15-16-6-4-3-5-7-16/h3-7H,2,8-15H2,1H3,(H,21,25)(H,22,27). The third-order valence-electron chi connectivity index (χ3n) is 5.56. The number of hydrogen-bond acceptors (Lipinski definition) is 5. The van der Waals surface area contributed by atoms with Crippen LogP contribution in [0.2, 0.25) is 0 Å². The summed E-state index contributed by atoms with van der Waals surface area (Å²) in [5.74, 6) is -0.869. The summed E-state index contributed by atoms with van der Waals surface area (Å²) in [5, 5.41) is 5.45. The highest BCUT2D eigenvalue weighted by atomic mass is 32.2. The van der Waals surface area contributed by atoms with Crippen LogP contribution in [0.5, 0.6) is 0 Å². The molecule has 0 unspecified atom stereocenters. The molecule has 2 N–H and O–H groups in total. The van der Waals surface area contributed by atoms with Gasteiger partial charge in [0.05, 0.1) is 12.3 Å². The van der Waals surface area contributed by atoms with Crippen LogP contribution in [0.25, 0.3) is 0 Å². The maximum Gasteiger partial charge on any atom is 0.325 e. The number of rotatable bonds is 8. The first-order chi connectivity index (χ1) is 14.3. The van der Waals surface area contributed by atoms with Gasteiger partial charge in [0.25, 0.3) is 5.91 Å². The second-order valence-electron chi connectivity index (χ2n) is 7.70. The van der Waals surface area contributed by atoms with Crippen LogP contribution in [0.1, 0.15) is 38.2 Å². The van der Waals surface area contributed by atoms with Crippen molar-refractivity contribution in [2.24, 2.45) is 0 Å². The molecule has 2 aliphatic rings. The van der Waals surface area contributed by atoms with Crippen LogP contribution in [0, 0.1) is 0 Å². The van der Waals surface area contributed by atoms with Gasteiger partial charge in [0.1, 0.15) is 5.54 Å². The van der Waals surface area contributed by atoms with Gasteiger partial charge in [-0.2, -0.15) is 0 Å². The minimum atomic E-state index is -3.61. The average molecular weight is 437 g/mol. The molecule has 0 aromatic heterocycles. The van der Waals surface area contributed by atoms with Crippen molar-refractivity contribution in [3.63, 3.8) is 0 Å². The highest BCUT2D eigenvalue weighted by Crippen LogP contribution is 2.31. The van der Waals surface area contributed by atoms with Crippen molar-refractivity contribution in [3.8, 4) is 0 Å². The number of imide groups is 1. The highest BCUT2D eigenvalue weighted by molar-refractivity contribution is 7.89. The smallest absolute Gasteiger partial charge is 0.325 e. The van der Waals surface area contributed by atoms with E-state index in [0.29, 0.717) is 6.54 Å². The topological polar surface area (TPSA) is 116 Å². The van der Waals surface area contributed by atoms with Crippen LogP contribution in [0.3, 0.4) is 0 Å². The van der Waals surface area contributed by atoms with Gasteiger partial charge in [0, 0.05) is 26.1 Å². The van der Waals surface area contributed by atoms with Crippen molar-refractivity contribution < 1.29 is 22.8 Å². The second-order valence-corrected chi connectivity index (χ2v) is 9.79. The number of amides is 4. The highest BCUT2D eigenvalue weighted by Gasteiger charge is 2.53. The lowest BCUT2D eigenvalue weighted by molar-refractivity contribution is -0.133. The number of carbonyl (C=O) groups excluding carboxylic acids is 3. The molecule has 9 nitrogen and oxygen atoms in total. The van der Waals surface area contributed by atoms with Gasteiger partial charge in [-0.1, -0.05) is 37.3 Å². The number of sulfonamides is 1. The molecule has 1 aromatic carbocycles. The van der Waals surface area contributed by atoms with E-state index in [4.69, 9.17) is 0 Å². The Morgan fingerprint density at radius 2 is 1.83 bits per heavy atom. The Kier molecular flexibility index (Phi) is 6.77. The number of nitrogens with one attached hydrogen (secondary N) is 2. The molecule has 0 aliphatic carbocycles. The Morgan fingerprint density at radius 3 is 2.47 bits per heavy atom. The monoisotopic (exact) mass is 436 g/mol. The molecule has 0 saturated carbocycles. The molecule has 2 heterocycles. The van der Waals surface area contributed by atoms with Crippen LogP contribution in [0.4, 0.5) is 4.79 Å². The number of piperidine rings is 1. The average Bonchev–Trinajstić information content (AvgIpc) is 2.96. The van der Waals surface area contributed by atoms with Crippen LogP contribution in [-0.4, -0.2) is 66.4 Å². The van der Waals surface area contributed by atoms with Gasteiger partial charge < -0.3 is 10.6 Å². The third-order valence-corrected chi connectivity index (χ3v) is 7.43. The zero-order chi connectivity index (χ0) is 21.8.